The molecule has 0 unspecified atom stereocenters. The molecule has 1 saturated carbocycles. The van der Waals surface area contributed by atoms with Crippen LogP contribution in [0.4, 0.5) is 0 Å². The van der Waals surface area contributed by atoms with Gasteiger partial charge >= 0.3 is 0 Å². The predicted molar refractivity (Wildman–Crippen MR) is 80.6 cm³/mol. The molecule has 1 aromatic heterocycles. The summed E-state index contributed by atoms with van der Waals surface area (Å²) in [4.78, 5) is 4.84. The van der Waals surface area contributed by atoms with E-state index in [2.05, 4.69) is 22.8 Å². The fourth-order valence-corrected chi connectivity index (χ4v) is 3.27. The molecule has 1 fully saturated rings. The van der Waals surface area contributed by atoms with E-state index in [1.165, 1.54) is 19.3 Å². The van der Waals surface area contributed by atoms with E-state index in [9.17, 15) is 0 Å². The van der Waals surface area contributed by atoms with E-state index in [1.807, 2.05) is 6.07 Å². The van der Waals surface area contributed by atoms with Gasteiger partial charge in [-0.05, 0) is 25.0 Å². The van der Waals surface area contributed by atoms with Crippen molar-refractivity contribution in [1.29, 1.82) is 0 Å². The molecular formula is C16H23N3O. The van der Waals surface area contributed by atoms with Crippen LogP contribution in [-0.2, 0) is 16.8 Å². The third-order valence-corrected chi connectivity index (χ3v) is 4.36. The normalized spacial score (nSPS) is 18.5. The number of ether oxygens (including phenoxy) is 1. The molecule has 1 aromatic carbocycles. The van der Waals surface area contributed by atoms with Crippen LogP contribution in [0.25, 0.3) is 11.0 Å². The fraction of sp³-hybridized carbons (Fsp3) is 0.562. The van der Waals surface area contributed by atoms with Gasteiger partial charge in [0.05, 0.1) is 23.2 Å². The minimum absolute atomic E-state index is 0.273. The molecule has 1 heterocycles. The lowest BCUT2D eigenvalue weighted by Crippen LogP contribution is -2.41. The van der Waals surface area contributed by atoms with Crippen molar-refractivity contribution in [1.82, 2.24) is 9.55 Å². The zero-order chi connectivity index (χ0) is 14.0. The van der Waals surface area contributed by atoms with E-state index >= 15 is 0 Å². The molecule has 0 aliphatic heterocycles. The Morgan fingerprint density at radius 2 is 2.00 bits per heavy atom. The van der Waals surface area contributed by atoms with Gasteiger partial charge in [-0.25, -0.2) is 4.98 Å². The third-order valence-electron chi connectivity index (χ3n) is 4.36. The van der Waals surface area contributed by atoms with E-state index in [4.69, 9.17) is 15.5 Å². The fourth-order valence-electron chi connectivity index (χ4n) is 3.27. The topological polar surface area (TPSA) is 53.1 Å². The standard InChI is InChI=1S/C16H23N3O/c1-20-12-11-19-14-8-4-3-7-13(14)18-15(19)16(17)9-5-2-6-10-16/h3-4,7-8H,2,5-6,9-12,17H2,1H3. The van der Waals surface area contributed by atoms with Crippen LogP contribution < -0.4 is 5.73 Å². The van der Waals surface area contributed by atoms with Crippen LogP contribution in [0.2, 0.25) is 0 Å². The average molecular weight is 273 g/mol. The Kier molecular flexibility index (Phi) is 3.76. The van der Waals surface area contributed by atoms with Gasteiger partial charge in [-0.3, -0.25) is 0 Å². The van der Waals surface area contributed by atoms with Crippen molar-refractivity contribution in [2.24, 2.45) is 5.73 Å². The number of fused-ring (bicyclic) bond motifs is 1. The largest absolute Gasteiger partial charge is 0.383 e. The van der Waals surface area contributed by atoms with Crippen LogP contribution in [-0.4, -0.2) is 23.3 Å². The first-order valence-corrected chi connectivity index (χ1v) is 7.48. The predicted octanol–water partition coefficient (Wildman–Crippen LogP) is 2.80. The van der Waals surface area contributed by atoms with Crippen LogP contribution in [0.1, 0.15) is 37.9 Å². The van der Waals surface area contributed by atoms with Gasteiger partial charge in [-0.1, -0.05) is 31.4 Å². The number of aromatic nitrogens is 2. The number of methoxy groups -OCH3 is 1. The molecule has 1 aliphatic rings. The lowest BCUT2D eigenvalue weighted by molar-refractivity contribution is 0.183. The summed E-state index contributed by atoms with van der Waals surface area (Å²) in [6, 6.07) is 8.27. The molecule has 4 heteroatoms. The summed E-state index contributed by atoms with van der Waals surface area (Å²) in [5.41, 5.74) is 8.62. The van der Waals surface area contributed by atoms with Crippen LogP contribution in [0.15, 0.2) is 24.3 Å². The highest BCUT2D eigenvalue weighted by atomic mass is 16.5. The van der Waals surface area contributed by atoms with Crippen molar-refractivity contribution in [3.05, 3.63) is 30.1 Å². The smallest absolute Gasteiger partial charge is 0.130 e. The average Bonchev–Trinajstić information content (AvgIpc) is 2.85. The maximum atomic E-state index is 6.69. The first-order chi connectivity index (χ1) is 9.74. The molecule has 2 N–H and O–H groups in total. The SMILES string of the molecule is COCCn1c(C2(N)CCCCC2)nc2ccccc21. The summed E-state index contributed by atoms with van der Waals surface area (Å²) in [5.74, 6) is 1.04. The molecule has 4 nitrogen and oxygen atoms in total. The second kappa shape index (κ2) is 5.54. The van der Waals surface area contributed by atoms with E-state index < -0.39 is 0 Å². The van der Waals surface area contributed by atoms with Crippen molar-refractivity contribution in [3.8, 4) is 0 Å². The molecule has 1 aliphatic carbocycles. The lowest BCUT2D eigenvalue weighted by atomic mass is 9.82. The molecule has 0 spiro atoms. The van der Waals surface area contributed by atoms with E-state index in [0.717, 1.165) is 36.2 Å². The van der Waals surface area contributed by atoms with Crippen molar-refractivity contribution in [2.75, 3.05) is 13.7 Å². The number of hydrogen-bond acceptors (Lipinski definition) is 3. The number of imidazole rings is 1. The highest BCUT2D eigenvalue weighted by Crippen LogP contribution is 2.35. The highest BCUT2D eigenvalue weighted by Gasteiger charge is 2.34. The minimum Gasteiger partial charge on any atom is -0.383 e. The molecule has 108 valence electrons. The summed E-state index contributed by atoms with van der Waals surface area (Å²) in [5, 5.41) is 0. The van der Waals surface area contributed by atoms with Gasteiger partial charge in [0.15, 0.2) is 0 Å². The van der Waals surface area contributed by atoms with Crippen LogP contribution in [0.5, 0.6) is 0 Å². The molecule has 20 heavy (non-hydrogen) atoms. The van der Waals surface area contributed by atoms with Crippen molar-refractivity contribution < 1.29 is 4.74 Å². The van der Waals surface area contributed by atoms with E-state index in [0.29, 0.717) is 6.61 Å². The minimum atomic E-state index is -0.273. The molecule has 0 amide bonds. The Bertz CT molecular complexity index is 584. The number of benzene rings is 1. The number of nitrogens with zero attached hydrogens (tertiary/aromatic N) is 2. The Morgan fingerprint density at radius 3 is 2.75 bits per heavy atom. The van der Waals surface area contributed by atoms with Crippen LogP contribution in [0, 0.1) is 0 Å². The molecule has 0 atom stereocenters. The van der Waals surface area contributed by atoms with Crippen molar-refractivity contribution in [2.45, 2.75) is 44.2 Å². The zero-order valence-corrected chi connectivity index (χ0v) is 12.1. The van der Waals surface area contributed by atoms with E-state index in [1.54, 1.807) is 7.11 Å². The maximum absolute atomic E-state index is 6.69. The summed E-state index contributed by atoms with van der Waals surface area (Å²) in [7, 11) is 1.73. The van der Waals surface area contributed by atoms with Gasteiger partial charge in [0.1, 0.15) is 5.82 Å². The second-order valence-corrected chi connectivity index (χ2v) is 5.79. The summed E-state index contributed by atoms with van der Waals surface area (Å²) in [6.07, 6.45) is 5.75. The van der Waals surface area contributed by atoms with Crippen LogP contribution in [0.3, 0.4) is 0 Å². The number of hydrogen-bond donors (Lipinski definition) is 1. The first-order valence-electron chi connectivity index (χ1n) is 7.48. The van der Waals surface area contributed by atoms with Gasteiger partial charge in [0.25, 0.3) is 0 Å². The Morgan fingerprint density at radius 1 is 1.25 bits per heavy atom. The molecule has 0 saturated heterocycles. The first kappa shape index (κ1) is 13.6. The molecule has 3 rings (SSSR count). The Hall–Kier alpha value is -1.39. The summed E-state index contributed by atoms with van der Waals surface area (Å²) in [6.45, 7) is 1.49. The summed E-state index contributed by atoms with van der Waals surface area (Å²) < 4.78 is 7.50. The number of rotatable bonds is 4. The quantitative estimate of drug-likeness (QED) is 0.932. The van der Waals surface area contributed by atoms with Gasteiger partial charge in [0, 0.05) is 13.7 Å². The zero-order valence-electron chi connectivity index (χ0n) is 12.1. The molecule has 0 radical (unpaired) electrons. The van der Waals surface area contributed by atoms with Gasteiger partial charge in [-0.15, -0.1) is 0 Å². The van der Waals surface area contributed by atoms with Crippen molar-refractivity contribution >= 4 is 11.0 Å². The Labute approximate surface area is 119 Å². The monoisotopic (exact) mass is 273 g/mol. The number of nitrogens with two attached hydrogens (primary N) is 1. The van der Waals surface area contributed by atoms with Gasteiger partial charge in [-0.2, -0.15) is 0 Å². The third kappa shape index (κ3) is 2.34. The highest BCUT2D eigenvalue weighted by molar-refractivity contribution is 5.76. The molecular weight excluding hydrogens is 250 g/mol. The Balaban J connectivity index is 2.08. The van der Waals surface area contributed by atoms with Gasteiger partial charge in [0.2, 0.25) is 0 Å². The van der Waals surface area contributed by atoms with E-state index in [-0.39, 0.29) is 5.54 Å². The van der Waals surface area contributed by atoms with Crippen molar-refractivity contribution in [3.63, 3.8) is 0 Å². The van der Waals surface area contributed by atoms with Gasteiger partial charge < -0.3 is 15.0 Å². The molecule has 0 bridgehead atoms. The number of para-hydroxylation sites is 2. The second-order valence-electron chi connectivity index (χ2n) is 5.79. The summed E-state index contributed by atoms with van der Waals surface area (Å²) >= 11 is 0. The maximum Gasteiger partial charge on any atom is 0.130 e. The lowest BCUT2D eigenvalue weighted by Gasteiger charge is -2.33. The molecule has 2 aromatic rings. The van der Waals surface area contributed by atoms with Crippen LogP contribution >= 0.6 is 0 Å².